The van der Waals surface area contributed by atoms with E-state index >= 15 is 0 Å². The first-order valence-electron chi connectivity index (χ1n) is 9.93. The highest BCUT2D eigenvalue weighted by Gasteiger charge is 2.27. The highest BCUT2D eigenvalue weighted by Crippen LogP contribution is 2.28. The molecule has 1 saturated heterocycles. The molecule has 11 nitrogen and oxygen atoms in total. The Morgan fingerprint density at radius 1 is 1.44 bits per heavy atom. The van der Waals surface area contributed by atoms with Crippen molar-refractivity contribution in [3.8, 4) is 23.3 Å². The van der Waals surface area contributed by atoms with Crippen LogP contribution in [0.5, 0.6) is 5.88 Å². The monoisotopic (exact) mass is 435 g/mol. The fourth-order valence-corrected chi connectivity index (χ4v) is 3.12. The van der Waals surface area contributed by atoms with Gasteiger partial charge in [0.2, 0.25) is 5.88 Å². The zero-order valence-corrected chi connectivity index (χ0v) is 17.2. The zero-order chi connectivity index (χ0) is 22.5. The second-order valence-corrected chi connectivity index (χ2v) is 7.07. The third-order valence-electron chi connectivity index (χ3n) is 4.78. The number of H-pyrrole nitrogens is 1. The first-order valence-corrected chi connectivity index (χ1v) is 9.93. The second kappa shape index (κ2) is 9.42. The van der Waals surface area contributed by atoms with Crippen molar-refractivity contribution in [2.45, 2.75) is 25.6 Å². The van der Waals surface area contributed by atoms with Gasteiger partial charge in [0.1, 0.15) is 29.4 Å². The number of carbonyl (C=O) groups excluding carboxylic acids is 1. The van der Waals surface area contributed by atoms with Crippen LogP contribution in [0.25, 0.3) is 11.4 Å². The maximum atomic E-state index is 12.9. The van der Waals surface area contributed by atoms with Gasteiger partial charge in [-0.2, -0.15) is 10.2 Å². The van der Waals surface area contributed by atoms with Crippen LogP contribution in [0.15, 0.2) is 36.7 Å². The number of benzene rings is 1. The lowest BCUT2D eigenvalue weighted by Crippen LogP contribution is -2.29. The number of nitriles is 1. The molecule has 0 aliphatic carbocycles. The molecule has 11 heteroatoms. The lowest BCUT2D eigenvalue weighted by atomic mass is 10.1. The maximum absolute atomic E-state index is 12.9. The molecule has 1 amide bonds. The molecular weight excluding hydrogens is 414 g/mol. The van der Waals surface area contributed by atoms with Crippen LogP contribution in [0.3, 0.4) is 0 Å². The van der Waals surface area contributed by atoms with Gasteiger partial charge in [0.05, 0.1) is 24.8 Å². The molecule has 0 unspecified atom stereocenters. The molecular formula is C21H21N7O4. The van der Waals surface area contributed by atoms with E-state index in [9.17, 15) is 4.79 Å². The maximum Gasteiger partial charge on any atom is 0.284 e. The van der Waals surface area contributed by atoms with E-state index in [-0.39, 0.29) is 29.2 Å². The third kappa shape index (κ3) is 4.66. The minimum absolute atomic E-state index is 0.0112. The van der Waals surface area contributed by atoms with Crippen molar-refractivity contribution in [1.82, 2.24) is 25.4 Å². The smallest absolute Gasteiger partial charge is 0.284 e. The van der Waals surface area contributed by atoms with Gasteiger partial charge in [0.25, 0.3) is 5.91 Å². The van der Waals surface area contributed by atoms with Crippen LogP contribution in [0.1, 0.15) is 41.2 Å². The number of hydroxylamine groups is 1. The van der Waals surface area contributed by atoms with E-state index in [1.54, 1.807) is 43.6 Å². The molecule has 2 atom stereocenters. The standard InChI is InChI=1S/C21H21N7O4/c1-12(18-24-6-7-25-18)32-28-20(29)16-17(23)26-19(14-4-2-3-13(9-14)10-22)27-21(16)31-15-5-8-30-11-15/h2-4,6-7,9,12,15H,5,8,11H2,1H3,(H,24,25)(H,28,29)(H2,23,26,27)/t12-,15-/m0/s1. The van der Waals surface area contributed by atoms with Crippen LogP contribution >= 0.6 is 0 Å². The van der Waals surface area contributed by atoms with Gasteiger partial charge in [-0.3, -0.25) is 9.63 Å². The van der Waals surface area contributed by atoms with Gasteiger partial charge < -0.3 is 20.2 Å². The fourth-order valence-electron chi connectivity index (χ4n) is 3.12. The van der Waals surface area contributed by atoms with Crippen LogP contribution in [-0.2, 0) is 9.57 Å². The van der Waals surface area contributed by atoms with Crippen molar-refractivity contribution < 1.29 is 19.1 Å². The van der Waals surface area contributed by atoms with Crippen LogP contribution in [0.2, 0.25) is 0 Å². The number of hydrogen-bond acceptors (Lipinski definition) is 9. The van der Waals surface area contributed by atoms with Gasteiger partial charge in [-0.05, 0) is 19.1 Å². The number of aromatic amines is 1. The highest BCUT2D eigenvalue weighted by atomic mass is 16.7. The number of imidazole rings is 1. The molecule has 0 spiro atoms. The molecule has 1 fully saturated rings. The average molecular weight is 435 g/mol. The number of nitrogens with one attached hydrogen (secondary N) is 2. The summed E-state index contributed by atoms with van der Waals surface area (Å²) < 4.78 is 11.3. The summed E-state index contributed by atoms with van der Waals surface area (Å²) in [6.07, 6.45) is 3.07. The first-order chi connectivity index (χ1) is 15.5. The quantitative estimate of drug-likeness (QED) is 0.471. The Hall–Kier alpha value is -4.01. The normalized spacial score (nSPS) is 16.3. The Bertz CT molecular complexity index is 1140. The van der Waals surface area contributed by atoms with Gasteiger partial charge in [-0.15, -0.1) is 0 Å². The van der Waals surface area contributed by atoms with Crippen LogP contribution in [-0.4, -0.2) is 45.2 Å². The van der Waals surface area contributed by atoms with Gasteiger partial charge >= 0.3 is 0 Å². The molecule has 0 bridgehead atoms. The summed E-state index contributed by atoms with van der Waals surface area (Å²) in [5.41, 5.74) is 9.46. The van der Waals surface area contributed by atoms with E-state index in [0.29, 0.717) is 36.6 Å². The van der Waals surface area contributed by atoms with E-state index in [1.165, 1.54) is 0 Å². The van der Waals surface area contributed by atoms with Crippen LogP contribution in [0.4, 0.5) is 5.82 Å². The number of amides is 1. The van der Waals surface area contributed by atoms with Crippen molar-refractivity contribution in [3.63, 3.8) is 0 Å². The summed E-state index contributed by atoms with van der Waals surface area (Å²) >= 11 is 0. The minimum Gasteiger partial charge on any atom is -0.471 e. The minimum atomic E-state index is -0.660. The van der Waals surface area contributed by atoms with E-state index in [1.807, 2.05) is 0 Å². The number of ether oxygens (including phenoxy) is 2. The molecule has 4 N–H and O–H groups in total. The predicted octanol–water partition coefficient (Wildman–Crippen LogP) is 1.91. The number of nitrogens with two attached hydrogens (primary N) is 1. The van der Waals surface area contributed by atoms with E-state index in [4.69, 9.17) is 25.3 Å². The summed E-state index contributed by atoms with van der Waals surface area (Å²) in [6.45, 7) is 2.64. The molecule has 0 saturated carbocycles. The van der Waals surface area contributed by atoms with Crippen molar-refractivity contribution in [3.05, 3.63) is 53.6 Å². The van der Waals surface area contributed by atoms with Crippen molar-refractivity contribution >= 4 is 11.7 Å². The number of rotatable bonds is 7. The zero-order valence-electron chi connectivity index (χ0n) is 17.2. The molecule has 0 radical (unpaired) electrons. The van der Waals surface area contributed by atoms with Gasteiger partial charge in [-0.25, -0.2) is 15.4 Å². The Kier molecular flexibility index (Phi) is 6.25. The summed E-state index contributed by atoms with van der Waals surface area (Å²) in [5.74, 6) is 0.0408. The van der Waals surface area contributed by atoms with Crippen molar-refractivity contribution in [2.24, 2.45) is 0 Å². The third-order valence-corrected chi connectivity index (χ3v) is 4.78. The number of aromatic nitrogens is 4. The lowest BCUT2D eigenvalue weighted by Gasteiger charge is -2.17. The Morgan fingerprint density at radius 2 is 2.31 bits per heavy atom. The Morgan fingerprint density at radius 3 is 3.03 bits per heavy atom. The second-order valence-electron chi connectivity index (χ2n) is 7.07. The summed E-state index contributed by atoms with van der Waals surface area (Å²) in [5, 5.41) is 9.17. The number of anilines is 1. The first kappa shape index (κ1) is 21.2. The van der Waals surface area contributed by atoms with Crippen molar-refractivity contribution in [1.29, 1.82) is 5.26 Å². The van der Waals surface area contributed by atoms with Gasteiger partial charge in [0.15, 0.2) is 5.82 Å². The number of nitrogens with zero attached hydrogens (tertiary/aromatic N) is 4. The molecule has 3 aromatic rings. The van der Waals surface area contributed by atoms with Crippen LogP contribution in [0, 0.1) is 11.3 Å². The Labute approximate surface area is 183 Å². The molecule has 3 heterocycles. The molecule has 1 aromatic carbocycles. The number of carbonyl (C=O) groups is 1. The molecule has 164 valence electrons. The molecule has 2 aromatic heterocycles. The summed E-state index contributed by atoms with van der Waals surface area (Å²) in [4.78, 5) is 34.0. The van der Waals surface area contributed by atoms with E-state index < -0.39 is 12.0 Å². The van der Waals surface area contributed by atoms with Crippen molar-refractivity contribution in [2.75, 3.05) is 18.9 Å². The SMILES string of the molecule is C[C@H](ONC(=O)c1c(N)nc(-c2cccc(C#N)c2)nc1O[C@H]1CCOC1)c1ncc[nH]1. The molecule has 1 aliphatic rings. The van der Waals surface area contributed by atoms with Crippen LogP contribution < -0.4 is 16.0 Å². The largest absolute Gasteiger partial charge is 0.471 e. The predicted molar refractivity (Wildman–Crippen MR) is 112 cm³/mol. The van der Waals surface area contributed by atoms with Gasteiger partial charge in [0, 0.05) is 24.4 Å². The number of nitrogen functional groups attached to an aromatic ring is 1. The fraction of sp³-hybridized carbons (Fsp3) is 0.286. The highest BCUT2D eigenvalue weighted by molar-refractivity contribution is 6.00. The Balaban J connectivity index is 1.63. The topological polar surface area (TPSA) is 161 Å². The summed E-state index contributed by atoms with van der Waals surface area (Å²) in [7, 11) is 0. The lowest BCUT2D eigenvalue weighted by molar-refractivity contribution is -0.0125. The van der Waals surface area contributed by atoms with Gasteiger partial charge in [-0.1, -0.05) is 12.1 Å². The average Bonchev–Trinajstić information content (AvgIpc) is 3.51. The molecule has 32 heavy (non-hydrogen) atoms. The van der Waals surface area contributed by atoms with E-state index in [2.05, 4.69) is 31.5 Å². The molecule has 1 aliphatic heterocycles. The van der Waals surface area contributed by atoms with E-state index in [0.717, 1.165) is 0 Å². The molecule has 4 rings (SSSR count). The summed E-state index contributed by atoms with van der Waals surface area (Å²) in [6, 6.07) is 8.82. The number of hydrogen-bond donors (Lipinski definition) is 3.